The molecule has 2 aromatic rings. The molecule has 0 amide bonds. The van der Waals surface area contributed by atoms with Gasteiger partial charge < -0.3 is 0 Å². The molecule has 6 nitrogen and oxygen atoms in total. The smallest absolute Gasteiger partial charge is 0.242 e. The molecule has 0 bridgehead atoms. The van der Waals surface area contributed by atoms with Crippen molar-refractivity contribution in [3.8, 4) is 0 Å². The van der Waals surface area contributed by atoms with Gasteiger partial charge in [0.05, 0.1) is 16.3 Å². The van der Waals surface area contributed by atoms with Crippen molar-refractivity contribution in [3.05, 3.63) is 59.2 Å². The van der Waals surface area contributed by atoms with Crippen LogP contribution in [0.25, 0.3) is 0 Å². The zero-order valence-corrected chi connectivity index (χ0v) is 17.0. The van der Waals surface area contributed by atoms with Crippen LogP contribution in [-0.4, -0.2) is 41.0 Å². The van der Waals surface area contributed by atoms with E-state index in [2.05, 4.69) is 4.72 Å². The second kappa shape index (κ2) is 7.77. The lowest BCUT2D eigenvalue weighted by Gasteiger charge is -2.12. The minimum absolute atomic E-state index is 0.0832. The number of anilines is 1. The van der Waals surface area contributed by atoms with E-state index in [0.29, 0.717) is 12.1 Å². The second-order valence-corrected chi connectivity index (χ2v) is 10.4. The van der Waals surface area contributed by atoms with Gasteiger partial charge in [0.1, 0.15) is 0 Å². The summed E-state index contributed by atoms with van der Waals surface area (Å²) in [6, 6.07) is 11.8. The predicted molar refractivity (Wildman–Crippen MR) is 104 cm³/mol. The Balaban J connectivity index is 2.05. The van der Waals surface area contributed by atoms with E-state index in [1.165, 1.54) is 26.2 Å². The van der Waals surface area contributed by atoms with Gasteiger partial charge >= 0.3 is 0 Å². The molecule has 142 valence electrons. The highest BCUT2D eigenvalue weighted by Crippen LogP contribution is 2.18. The molecular formula is C18H24N2O4S2. The van der Waals surface area contributed by atoms with Crippen molar-refractivity contribution in [2.24, 2.45) is 0 Å². The summed E-state index contributed by atoms with van der Waals surface area (Å²) in [4.78, 5) is 0.183. The Morgan fingerprint density at radius 1 is 0.923 bits per heavy atom. The zero-order chi connectivity index (χ0) is 19.5. The summed E-state index contributed by atoms with van der Waals surface area (Å²) < 4.78 is 52.4. The van der Waals surface area contributed by atoms with Gasteiger partial charge in [-0.3, -0.25) is 4.72 Å². The Hall–Kier alpha value is -1.90. The molecule has 8 heteroatoms. The number of sulfonamides is 2. The van der Waals surface area contributed by atoms with Gasteiger partial charge in [0.2, 0.25) is 20.0 Å². The van der Waals surface area contributed by atoms with Crippen LogP contribution in [0.15, 0.2) is 47.4 Å². The van der Waals surface area contributed by atoms with Gasteiger partial charge in [-0.2, -0.15) is 0 Å². The SMILES string of the molecule is Cc1ccc(NS(=O)(=O)CCc2ccc(S(=O)(=O)N(C)C)cc2)c(C)c1. The van der Waals surface area contributed by atoms with E-state index in [4.69, 9.17) is 0 Å². The summed E-state index contributed by atoms with van der Waals surface area (Å²) in [6.45, 7) is 3.81. The van der Waals surface area contributed by atoms with E-state index < -0.39 is 20.0 Å². The maximum Gasteiger partial charge on any atom is 0.242 e. The van der Waals surface area contributed by atoms with Crippen LogP contribution in [0.5, 0.6) is 0 Å². The van der Waals surface area contributed by atoms with Gasteiger partial charge in [-0.1, -0.05) is 29.8 Å². The van der Waals surface area contributed by atoms with Gasteiger partial charge in [0, 0.05) is 14.1 Å². The number of aryl methyl sites for hydroxylation is 3. The van der Waals surface area contributed by atoms with E-state index in [-0.39, 0.29) is 10.6 Å². The number of rotatable bonds is 7. The first-order valence-electron chi connectivity index (χ1n) is 8.10. The first kappa shape index (κ1) is 20.4. The second-order valence-electron chi connectivity index (χ2n) is 6.42. The Labute approximate surface area is 156 Å². The van der Waals surface area contributed by atoms with Gasteiger partial charge in [-0.05, 0) is 49.6 Å². The number of hydrogen-bond acceptors (Lipinski definition) is 4. The number of hydrogen-bond donors (Lipinski definition) is 1. The highest BCUT2D eigenvalue weighted by atomic mass is 32.2. The molecule has 0 aliphatic heterocycles. The maximum atomic E-state index is 12.3. The lowest BCUT2D eigenvalue weighted by atomic mass is 10.1. The molecule has 0 saturated carbocycles. The monoisotopic (exact) mass is 396 g/mol. The number of nitrogens with zero attached hydrogens (tertiary/aromatic N) is 1. The zero-order valence-electron chi connectivity index (χ0n) is 15.4. The number of nitrogens with one attached hydrogen (secondary N) is 1. The third kappa shape index (κ3) is 5.06. The highest BCUT2D eigenvalue weighted by Gasteiger charge is 2.17. The topological polar surface area (TPSA) is 83.5 Å². The van der Waals surface area contributed by atoms with Crippen molar-refractivity contribution in [2.75, 3.05) is 24.6 Å². The maximum absolute atomic E-state index is 12.3. The Morgan fingerprint density at radius 3 is 2.08 bits per heavy atom. The van der Waals surface area contributed by atoms with Crippen LogP contribution in [-0.2, 0) is 26.5 Å². The molecule has 0 radical (unpaired) electrons. The largest absolute Gasteiger partial charge is 0.283 e. The molecule has 2 aromatic carbocycles. The predicted octanol–water partition coefficient (Wildman–Crippen LogP) is 2.54. The standard InChI is InChI=1S/C18H24N2O4S2/c1-14-5-10-18(15(2)13-14)19-25(21,22)12-11-16-6-8-17(9-7-16)26(23,24)20(3)4/h5-10,13,19H,11-12H2,1-4H3. The van der Waals surface area contributed by atoms with Crippen molar-refractivity contribution in [1.29, 1.82) is 0 Å². The molecule has 2 rings (SSSR count). The van der Waals surface area contributed by atoms with Crippen molar-refractivity contribution < 1.29 is 16.8 Å². The third-order valence-corrected chi connectivity index (χ3v) is 7.11. The van der Waals surface area contributed by atoms with Crippen LogP contribution in [0.4, 0.5) is 5.69 Å². The summed E-state index contributed by atoms with van der Waals surface area (Å²) in [6.07, 6.45) is 0.294. The molecule has 0 spiro atoms. The van der Waals surface area contributed by atoms with Crippen LogP contribution in [0.2, 0.25) is 0 Å². The molecule has 0 unspecified atom stereocenters. The molecular weight excluding hydrogens is 372 g/mol. The van der Waals surface area contributed by atoms with Crippen LogP contribution < -0.4 is 4.72 Å². The molecule has 0 saturated heterocycles. The lowest BCUT2D eigenvalue weighted by Crippen LogP contribution is -2.22. The highest BCUT2D eigenvalue weighted by molar-refractivity contribution is 7.92. The quantitative estimate of drug-likeness (QED) is 0.780. The fourth-order valence-electron chi connectivity index (χ4n) is 2.44. The first-order chi connectivity index (χ1) is 12.0. The fraction of sp³-hybridized carbons (Fsp3) is 0.333. The summed E-state index contributed by atoms with van der Waals surface area (Å²) in [5.41, 5.74) is 3.27. The van der Waals surface area contributed by atoms with E-state index in [1.807, 2.05) is 26.0 Å². The number of benzene rings is 2. The van der Waals surface area contributed by atoms with Crippen molar-refractivity contribution in [2.45, 2.75) is 25.2 Å². The van der Waals surface area contributed by atoms with Crippen LogP contribution in [0.3, 0.4) is 0 Å². The molecule has 0 fully saturated rings. The van der Waals surface area contributed by atoms with Crippen LogP contribution in [0.1, 0.15) is 16.7 Å². The molecule has 1 N–H and O–H groups in total. The van der Waals surface area contributed by atoms with Crippen LogP contribution in [0, 0.1) is 13.8 Å². The third-order valence-electron chi connectivity index (χ3n) is 4.01. The molecule has 26 heavy (non-hydrogen) atoms. The fourth-order valence-corrected chi connectivity index (χ4v) is 4.51. The Morgan fingerprint density at radius 2 is 1.54 bits per heavy atom. The van der Waals surface area contributed by atoms with Gasteiger partial charge in [0.15, 0.2) is 0 Å². The lowest BCUT2D eigenvalue weighted by molar-refractivity contribution is 0.520. The average Bonchev–Trinajstić information content (AvgIpc) is 2.56. The minimum atomic E-state index is -3.50. The average molecular weight is 397 g/mol. The first-order valence-corrected chi connectivity index (χ1v) is 11.2. The summed E-state index contributed by atoms with van der Waals surface area (Å²) in [7, 11) is -4.05. The normalized spacial score (nSPS) is 12.3. The molecule has 0 heterocycles. The molecule has 0 aromatic heterocycles. The van der Waals surface area contributed by atoms with Gasteiger partial charge in [-0.25, -0.2) is 21.1 Å². The van der Waals surface area contributed by atoms with E-state index in [1.54, 1.807) is 18.2 Å². The molecule has 0 aliphatic carbocycles. The van der Waals surface area contributed by atoms with Crippen molar-refractivity contribution >= 4 is 25.7 Å². The summed E-state index contributed by atoms with van der Waals surface area (Å²) >= 11 is 0. The molecule has 0 atom stereocenters. The Bertz CT molecular complexity index is 980. The van der Waals surface area contributed by atoms with Crippen LogP contribution >= 0.6 is 0 Å². The summed E-state index contributed by atoms with van der Waals surface area (Å²) in [5, 5.41) is 0. The van der Waals surface area contributed by atoms with Gasteiger partial charge in [-0.15, -0.1) is 0 Å². The minimum Gasteiger partial charge on any atom is -0.283 e. The molecule has 0 aliphatic rings. The van der Waals surface area contributed by atoms with Crippen molar-refractivity contribution in [1.82, 2.24) is 4.31 Å². The van der Waals surface area contributed by atoms with E-state index in [9.17, 15) is 16.8 Å². The van der Waals surface area contributed by atoms with E-state index in [0.717, 1.165) is 21.0 Å². The van der Waals surface area contributed by atoms with Crippen molar-refractivity contribution in [3.63, 3.8) is 0 Å². The Kier molecular flexibility index (Phi) is 6.10. The van der Waals surface area contributed by atoms with Gasteiger partial charge in [0.25, 0.3) is 0 Å². The summed E-state index contributed by atoms with van der Waals surface area (Å²) in [5.74, 6) is -0.0832. The van der Waals surface area contributed by atoms with E-state index >= 15 is 0 Å².